The molecule has 0 spiro atoms. The highest BCUT2D eigenvalue weighted by Crippen LogP contribution is 2.34. The summed E-state index contributed by atoms with van der Waals surface area (Å²) in [7, 11) is 1.56. The topological polar surface area (TPSA) is 83.9 Å². The molecule has 0 aliphatic heterocycles. The predicted octanol–water partition coefficient (Wildman–Crippen LogP) is 5.39. The number of rotatable bonds is 9. The molecule has 4 aromatic rings. The van der Waals surface area contributed by atoms with Crippen LogP contribution in [0.15, 0.2) is 65.1 Å². The van der Waals surface area contributed by atoms with Gasteiger partial charge in [-0.25, -0.2) is 0 Å². The Bertz CT molecular complexity index is 1310. The molecule has 0 aliphatic rings. The van der Waals surface area contributed by atoms with E-state index in [2.05, 4.69) is 0 Å². The van der Waals surface area contributed by atoms with E-state index in [0.717, 1.165) is 22.3 Å². The van der Waals surface area contributed by atoms with Crippen LogP contribution in [0.5, 0.6) is 11.5 Å². The summed E-state index contributed by atoms with van der Waals surface area (Å²) in [5.41, 5.74) is 10.3. The molecule has 3 aromatic carbocycles. The van der Waals surface area contributed by atoms with Crippen molar-refractivity contribution in [1.29, 1.82) is 0 Å². The second-order valence-electron chi connectivity index (χ2n) is 7.76. The normalized spacial score (nSPS) is 10.9. The second-order valence-corrected chi connectivity index (χ2v) is 7.76. The molecule has 0 amide bonds. The van der Waals surface area contributed by atoms with Crippen molar-refractivity contribution >= 4 is 16.9 Å². The molecular formula is C27H26FNO5. The van der Waals surface area contributed by atoms with Crippen molar-refractivity contribution in [2.24, 2.45) is 5.73 Å². The van der Waals surface area contributed by atoms with Gasteiger partial charge in [-0.1, -0.05) is 24.3 Å². The first kappa shape index (κ1) is 23.3. The molecule has 2 N–H and O–H groups in total. The van der Waals surface area contributed by atoms with Gasteiger partial charge >= 0.3 is 5.97 Å². The van der Waals surface area contributed by atoms with Crippen LogP contribution in [0, 0.1) is 6.01 Å². The van der Waals surface area contributed by atoms with Crippen LogP contribution in [0.3, 0.4) is 0 Å². The van der Waals surface area contributed by atoms with Gasteiger partial charge in [0.1, 0.15) is 23.7 Å². The maximum atomic E-state index is 14.0. The molecule has 0 atom stereocenters. The van der Waals surface area contributed by atoms with Crippen LogP contribution >= 0.6 is 0 Å². The van der Waals surface area contributed by atoms with E-state index in [1.807, 2.05) is 36.4 Å². The van der Waals surface area contributed by atoms with Gasteiger partial charge in [0.2, 0.25) is 0 Å². The third-order valence-corrected chi connectivity index (χ3v) is 5.43. The summed E-state index contributed by atoms with van der Waals surface area (Å²) < 4.78 is 35.8. The van der Waals surface area contributed by atoms with Crippen LogP contribution < -0.4 is 15.2 Å². The average molecular weight is 464 g/mol. The number of carbonyl (C=O) groups excluding carboxylic acids is 1. The van der Waals surface area contributed by atoms with Crippen molar-refractivity contribution in [3.8, 4) is 22.6 Å². The van der Waals surface area contributed by atoms with Crippen LogP contribution in [0.1, 0.15) is 23.6 Å². The van der Waals surface area contributed by atoms with Gasteiger partial charge in [-0.15, -0.1) is 0 Å². The van der Waals surface area contributed by atoms with Gasteiger partial charge < -0.3 is 24.4 Å². The molecule has 0 unspecified atom stereocenters. The molecule has 176 valence electrons. The lowest BCUT2D eigenvalue weighted by Crippen LogP contribution is -2.09. The largest absolute Gasteiger partial charge is 0.497 e. The number of methoxy groups -OCH3 is 1. The smallest absolute Gasteiger partial charge is 0.310 e. The van der Waals surface area contributed by atoms with Crippen molar-refractivity contribution in [1.82, 2.24) is 0 Å². The highest BCUT2D eigenvalue weighted by Gasteiger charge is 2.15. The summed E-state index contributed by atoms with van der Waals surface area (Å²) >= 11 is 0. The quantitative estimate of drug-likeness (QED) is 0.335. The molecule has 0 fully saturated rings. The molecule has 1 aromatic heterocycles. The number of benzene rings is 3. The van der Waals surface area contributed by atoms with Crippen LogP contribution in [-0.4, -0.2) is 19.7 Å². The molecule has 0 bridgehead atoms. The molecule has 7 heteroatoms. The number of esters is 1. The van der Waals surface area contributed by atoms with E-state index in [1.165, 1.54) is 6.07 Å². The Kier molecular flexibility index (Phi) is 7.13. The summed E-state index contributed by atoms with van der Waals surface area (Å²) in [6, 6.07) is 17.4. The molecule has 0 radical (unpaired) electrons. The predicted molar refractivity (Wildman–Crippen MR) is 127 cm³/mol. The molecule has 34 heavy (non-hydrogen) atoms. The molecule has 0 saturated heterocycles. The Hall–Kier alpha value is -3.84. The second kappa shape index (κ2) is 10.4. The molecule has 1 heterocycles. The third-order valence-electron chi connectivity index (χ3n) is 5.43. The number of halogens is 1. The lowest BCUT2D eigenvalue weighted by molar-refractivity contribution is -0.142. The van der Waals surface area contributed by atoms with Crippen molar-refractivity contribution in [2.75, 3.05) is 13.7 Å². The zero-order chi connectivity index (χ0) is 24.1. The lowest BCUT2D eigenvalue weighted by Gasteiger charge is -2.14. The summed E-state index contributed by atoms with van der Waals surface area (Å²) in [5.74, 6) is 0.779. The molecule has 0 saturated carbocycles. The van der Waals surface area contributed by atoms with Crippen LogP contribution in [0.4, 0.5) is 4.39 Å². The first-order valence-corrected chi connectivity index (χ1v) is 11.0. The molecule has 6 nitrogen and oxygen atoms in total. The fraction of sp³-hybridized carbons (Fsp3) is 0.222. The van der Waals surface area contributed by atoms with Gasteiger partial charge in [0.15, 0.2) is 0 Å². The number of fused-ring (bicyclic) bond motifs is 1. The first-order chi connectivity index (χ1) is 16.5. The fourth-order valence-corrected chi connectivity index (χ4v) is 3.82. The van der Waals surface area contributed by atoms with E-state index in [1.54, 1.807) is 32.2 Å². The van der Waals surface area contributed by atoms with E-state index < -0.39 is 6.01 Å². The van der Waals surface area contributed by atoms with Gasteiger partial charge in [-0.3, -0.25) is 4.79 Å². The zero-order valence-corrected chi connectivity index (χ0v) is 19.1. The van der Waals surface area contributed by atoms with Gasteiger partial charge in [0.25, 0.3) is 6.01 Å². The average Bonchev–Trinajstić information content (AvgIpc) is 3.23. The van der Waals surface area contributed by atoms with Crippen molar-refractivity contribution in [2.45, 2.75) is 26.5 Å². The SMILES string of the molecule is CCOC(=O)Cc1ccc(OC)cc1OCc1cc(-c2cccc(CN)c2)c2oc(F)cc2c1. The van der Waals surface area contributed by atoms with Crippen molar-refractivity contribution < 1.29 is 27.8 Å². The summed E-state index contributed by atoms with van der Waals surface area (Å²) in [5, 5.41) is 0.629. The van der Waals surface area contributed by atoms with Gasteiger partial charge in [0.05, 0.1) is 20.1 Å². The number of hydrogen-bond acceptors (Lipinski definition) is 6. The Morgan fingerprint density at radius 2 is 1.91 bits per heavy atom. The van der Waals surface area contributed by atoms with E-state index in [4.69, 9.17) is 24.4 Å². The number of carbonyl (C=O) groups is 1. The standard InChI is InChI=1S/C27H26FNO5/c1-3-32-26(30)13-20-7-8-22(31-2)14-24(20)33-16-18-10-21-12-25(28)34-27(21)23(11-18)19-6-4-5-17(9-19)15-29/h4-12,14H,3,13,15-16,29H2,1-2H3. The Labute approximate surface area is 197 Å². The maximum Gasteiger partial charge on any atom is 0.310 e. The van der Waals surface area contributed by atoms with Crippen molar-refractivity contribution in [3.05, 3.63) is 83.4 Å². The van der Waals surface area contributed by atoms with Crippen LogP contribution in [0.2, 0.25) is 0 Å². The number of ether oxygens (including phenoxy) is 3. The number of hydrogen-bond donors (Lipinski definition) is 1. The third kappa shape index (κ3) is 5.21. The first-order valence-electron chi connectivity index (χ1n) is 11.0. The summed E-state index contributed by atoms with van der Waals surface area (Å²) in [6.07, 6.45) is 0.0796. The van der Waals surface area contributed by atoms with E-state index in [9.17, 15) is 9.18 Å². The summed E-state index contributed by atoms with van der Waals surface area (Å²) in [6.45, 7) is 2.65. The van der Waals surface area contributed by atoms with E-state index in [-0.39, 0.29) is 19.0 Å². The van der Waals surface area contributed by atoms with Crippen molar-refractivity contribution in [3.63, 3.8) is 0 Å². The zero-order valence-electron chi connectivity index (χ0n) is 19.1. The Morgan fingerprint density at radius 1 is 1.06 bits per heavy atom. The van der Waals surface area contributed by atoms with Gasteiger partial charge in [-0.05, 0) is 47.9 Å². The maximum absolute atomic E-state index is 14.0. The van der Waals surface area contributed by atoms with Gasteiger partial charge in [-0.2, -0.15) is 4.39 Å². The highest BCUT2D eigenvalue weighted by atomic mass is 19.1. The molecular weight excluding hydrogens is 437 g/mol. The van der Waals surface area contributed by atoms with Crippen LogP contribution in [0.25, 0.3) is 22.1 Å². The molecule has 0 aliphatic carbocycles. The van der Waals surface area contributed by atoms with Crippen LogP contribution in [-0.2, 0) is 29.1 Å². The highest BCUT2D eigenvalue weighted by molar-refractivity contribution is 5.93. The minimum absolute atomic E-state index is 0.0796. The monoisotopic (exact) mass is 463 g/mol. The van der Waals surface area contributed by atoms with E-state index >= 15 is 0 Å². The van der Waals surface area contributed by atoms with Gasteiger partial charge in [0, 0.05) is 35.2 Å². The fourth-order valence-electron chi connectivity index (χ4n) is 3.82. The lowest BCUT2D eigenvalue weighted by atomic mass is 9.99. The number of furan rings is 1. The summed E-state index contributed by atoms with van der Waals surface area (Å²) in [4.78, 5) is 12.0. The minimum atomic E-state index is -0.659. The molecule has 4 rings (SSSR count). The van der Waals surface area contributed by atoms with E-state index in [0.29, 0.717) is 41.2 Å². The number of nitrogens with two attached hydrogens (primary N) is 1. The minimum Gasteiger partial charge on any atom is -0.497 e. The Morgan fingerprint density at radius 3 is 2.68 bits per heavy atom. The Balaban J connectivity index is 1.67.